The smallest absolute Gasteiger partial charge is 0.310 e. The van der Waals surface area contributed by atoms with Gasteiger partial charge in [0.2, 0.25) is 0 Å². The quantitative estimate of drug-likeness (QED) is 0.769. The van der Waals surface area contributed by atoms with E-state index in [1.54, 1.807) is 0 Å². The molecule has 0 aromatic rings. The number of carbonyl (C=O) groups is 1. The van der Waals surface area contributed by atoms with E-state index in [1.165, 1.54) is 19.3 Å². The van der Waals surface area contributed by atoms with Gasteiger partial charge in [-0.05, 0) is 51.5 Å². The van der Waals surface area contributed by atoms with Crippen LogP contribution in [0.3, 0.4) is 0 Å². The van der Waals surface area contributed by atoms with Gasteiger partial charge in [-0.3, -0.25) is 4.79 Å². The lowest BCUT2D eigenvalue weighted by molar-refractivity contribution is -0.158. The minimum absolute atomic E-state index is 0.0350. The van der Waals surface area contributed by atoms with Crippen molar-refractivity contribution < 1.29 is 9.53 Å². The van der Waals surface area contributed by atoms with Crippen molar-refractivity contribution in [3.05, 3.63) is 0 Å². The molecule has 98 valence electrons. The van der Waals surface area contributed by atoms with Gasteiger partial charge in [-0.25, -0.2) is 0 Å². The molecule has 2 rings (SSSR count). The van der Waals surface area contributed by atoms with Crippen LogP contribution >= 0.6 is 0 Å². The summed E-state index contributed by atoms with van der Waals surface area (Å²) in [6.45, 7) is 5.23. The number of rotatable bonds is 3. The van der Waals surface area contributed by atoms with Crippen LogP contribution in [0.5, 0.6) is 0 Å². The zero-order valence-corrected chi connectivity index (χ0v) is 11.1. The molecule has 0 aromatic heterocycles. The Morgan fingerprint density at radius 2 is 2.06 bits per heavy atom. The van der Waals surface area contributed by atoms with Gasteiger partial charge < -0.3 is 10.1 Å². The summed E-state index contributed by atoms with van der Waals surface area (Å²) in [6, 6.07) is 0.283. The van der Waals surface area contributed by atoms with Crippen molar-refractivity contribution in [1.82, 2.24) is 5.32 Å². The lowest BCUT2D eigenvalue weighted by atomic mass is 9.84. The molecular formula is C14H25NO2. The molecule has 4 atom stereocenters. The highest BCUT2D eigenvalue weighted by atomic mass is 16.5. The predicted molar refractivity (Wildman–Crippen MR) is 67.7 cm³/mol. The van der Waals surface area contributed by atoms with Gasteiger partial charge in [0.1, 0.15) is 6.10 Å². The van der Waals surface area contributed by atoms with Crippen LogP contribution in [-0.2, 0) is 9.53 Å². The van der Waals surface area contributed by atoms with Gasteiger partial charge in [0, 0.05) is 6.04 Å². The molecule has 1 N–H and O–H groups in total. The molecule has 17 heavy (non-hydrogen) atoms. The number of ether oxygens (including phenoxy) is 1. The van der Waals surface area contributed by atoms with Gasteiger partial charge in [-0.2, -0.15) is 0 Å². The molecule has 2 aliphatic rings. The number of hydrogen-bond acceptors (Lipinski definition) is 3. The maximum atomic E-state index is 12.1. The molecule has 1 saturated heterocycles. The first kappa shape index (κ1) is 12.9. The summed E-state index contributed by atoms with van der Waals surface area (Å²) >= 11 is 0. The second-order valence-electron chi connectivity index (χ2n) is 5.57. The maximum Gasteiger partial charge on any atom is 0.310 e. The number of hydrogen-bond donors (Lipinski definition) is 1. The fourth-order valence-electron chi connectivity index (χ4n) is 3.21. The maximum absolute atomic E-state index is 12.1. The van der Waals surface area contributed by atoms with E-state index in [4.69, 9.17) is 4.74 Å². The van der Waals surface area contributed by atoms with Gasteiger partial charge in [0.15, 0.2) is 0 Å². The molecule has 4 unspecified atom stereocenters. The van der Waals surface area contributed by atoms with Gasteiger partial charge in [-0.15, -0.1) is 0 Å². The summed E-state index contributed by atoms with van der Waals surface area (Å²) in [7, 11) is 0. The molecule has 1 saturated carbocycles. The second kappa shape index (κ2) is 5.85. The fraction of sp³-hybridized carbons (Fsp3) is 0.929. The van der Waals surface area contributed by atoms with Crippen LogP contribution in [0.25, 0.3) is 0 Å². The van der Waals surface area contributed by atoms with Crippen molar-refractivity contribution in [2.45, 2.75) is 64.5 Å². The van der Waals surface area contributed by atoms with Crippen molar-refractivity contribution in [2.24, 2.45) is 11.8 Å². The molecule has 3 nitrogen and oxygen atoms in total. The largest absolute Gasteiger partial charge is 0.462 e. The third-order valence-electron chi connectivity index (χ3n) is 4.46. The Kier molecular flexibility index (Phi) is 4.43. The van der Waals surface area contributed by atoms with E-state index in [0.29, 0.717) is 5.92 Å². The average Bonchev–Trinajstić information content (AvgIpc) is 2.76. The highest BCUT2D eigenvalue weighted by molar-refractivity contribution is 5.73. The molecule has 1 aliphatic heterocycles. The summed E-state index contributed by atoms with van der Waals surface area (Å²) < 4.78 is 5.77. The van der Waals surface area contributed by atoms with Crippen LogP contribution in [0.15, 0.2) is 0 Å². The average molecular weight is 239 g/mol. The zero-order valence-electron chi connectivity index (χ0n) is 11.1. The Morgan fingerprint density at radius 3 is 2.71 bits per heavy atom. The minimum atomic E-state index is 0.0350. The minimum Gasteiger partial charge on any atom is -0.462 e. The summed E-state index contributed by atoms with van der Waals surface area (Å²) in [5.74, 6) is 0.708. The molecule has 0 aromatic carbocycles. The summed E-state index contributed by atoms with van der Waals surface area (Å²) in [4.78, 5) is 12.1. The van der Waals surface area contributed by atoms with Crippen LogP contribution in [0.1, 0.15) is 52.4 Å². The summed E-state index contributed by atoms with van der Waals surface area (Å²) in [6.07, 6.45) is 7.07. The van der Waals surface area contributed by atoms with Crippen molar-refractivity contribution in [1.29, 1.82) is 0 Å². The molecule has 1 heterocycles. The Labute approximate surface area is 104 Å². The molecule has 0 radical (unpaired) electrons. The van der Waals surface area contributed by atoms with Crippen LogP contribution in [0, 0.1) is 11.8 Å². The Balaban J connectivity index is 1.88. The number of nitrogens with one attached hydrogen (secondary N) is 1. The molecular weight excluding hydrogens is 214 g/mol. The van der Waals surface area contributed by atoms with Crippen LogP contribution < -0.4 is 5.32 Å². The Morgan fingerprint density at radius 1 is 1.29 bits per heavy atom. The fourth-order valence-corrected chi connectivity index (χ4v) is 3.21. The lowest BCUT2D eigenvalue weighted by Crippen LogP contribution is -2.35. The highest BCUT2D eigenvalue weighted by Crippen LogP contribution is 2.30. The third kappa shape index (κ3) is 3.01. The first-order chi connectivity index (χ1) is 8.22. The second-order valence-corrected chi connectivity index (χ2v) is 5.57. The normalized spacial score (nSPS) is 38.0. The Hall–Kier alpha value is -0.570. The molecule has 3 heteroatoms. The van der Waals surface area contributed by atoms with Crippen LogP contribution in [0.2, 0.25) is 0 Å². The SMILES string of the molecule is CCC1CCCCC1OC(=O)C1CCNC1C. The first-order valence-electron chi connectivity index (χ1n) is 7.16. The number of esters is 1. The van der Waals surface area contributed by atoms with Crippen molar-refractivity contribution in [2.75, 3.05) is 6.54 Å². The summed E-state index contributed by atoms with van der Waals surface area (Å²) in [5.41, 5.74) is 0. The van der Waals surface area contributed by atoms with Gasteiger partial charge in [-0.1, -0.05) is 13.3 Å². The molecule has 2 fully saturated rings. The molecule has 0 amide bonds. The molecule has 1 aliphatic carbocycles. The van der Waals surface area contributed by atoms with Crippen molar-refractivity contribution >= 4 is 5.97 Å². The number of carbonyl (C=O) groups excluding carboxylic acids is 1. The molecule has 0 bridgehead atoms. The van der Waals surface area contributed by atoms with Crippen LogP contribution in [0.4, 0.5) is 0 Å². The van der Waals surface area contributed by atoms with E-state index in [-0.39, 0.29) is 24.0 Å². The lowest BCUT2D eigenvalue weighted by Gasteiger charge is -2.31. The van der Waals surface area contributed by atoms with Gasteiger partial charge in [0.05, 0.1) is 5.92 Å². The van der Waals surface area contributed by atoms with Crippen LogP contribution in [-0.4, -0.2) is 24.7 Å². The standard InChI is InChI=1S/C14H25NO2/c1-3-11-6-4-5-7-13(11)17-14(16)12-8-9-15-10(12)2/h10-13,15H,3-9H2,1-2H3. The topological polar surface area (TPSA) is 38.3 Å². The predicted octanol–water partition coefficient (Wildman–Crippen LogP) is 2.50. The summed E-state index contributed by atoms with van der Waals surface area (Å²) in [5, 5.41) is 3.31. The monoisotopic (exact) mass is 239 g/mol. The van der Waals surface area contributed by atoms with Gasteiger partial charge >= 0.3 is 5.97 Å². The van der Waals surface area contributed by atoms with E-state index in [0.717, 1.165) is 25.8 Å². The van der Waals surface area contributed by atoms with Crippen molar-refractivity contribution in [3.8, 4) is 0 Å². The van der Waals surface area contributed by atoms with E-state index in [9.17, 15) is 4.79 Å². The van der Waals surface area contributed by atoms with E-state index >= 15 is 0 Å². The van der Waals surface area contributed by atoms with E-state index in [1.807, 2.05) is 0 Å². The zero-order chi connectivity index (χ0) is 12.3. The van der Waals surface area contributed by atoms with Crippen molar-refractivity contribution in [3.63, 3.8) is 0 Å². The van der Waals surface area contributed by atoms with Gasteiger partial charge in [0.25, 0.3) is 0 Å². The van der Waals surface area contributed by atoms with E-state index < -0.39 is 0 Å². The van der Waals surface area contributed by atoms with E-state index in [2.05, 4.69) is 19.2 Å². The molecule has 0 spiro atoms. The highest BCUT2D eigenvalue weighted by Gasteiger charge is 2.34. The third-order valence-corrected chi connectivity index (χ3v) is 4.46. The Bertz CT molecular complexity index is 267. The first-order valence-corrected chi connectivity index (χ1v) is 7.16.